The van der Waals surface area contributed by atoms with Gasteiger partial charge >= 0.3 is 5.63 Å². The van der Waals surface area contributed by atoms with E-state index in [2.05, 4.69) is 28.4 Å². The van der Waals surface area contributed by atoms with Gasteiger partial charge < -0.3 is 9.73 Å². The standard InChI is InChI=1S/C24H25ClN2O2/c1-17-7-8-23-21(13-17)22(15-24(28)29-23)26-20-9-11-27(12-10-20)16-19(25)14-18-5-3-2-4-6-18/h2-8,13-15,20,26H,9-12,16H2,1H3/b19-14-. The van der Waals surface area contributed by atoms with E-state index in [4.69, 9.17) is 16.0 Å². The lowest BCUT2D eigenvalue weighted by atomic mass is 10.0. The summed E-state index contributed by atoms with van der Waals surface area (Å²) in [6.07, 6.45) is 4.04. The number of likely N-dealkylation sites (tertiary alicyclic amines) is 1. The maximum absolute atomic E-state index is 11.9. The number of fused-ring (bicyclic) bond motifs is 1. The number of hydrogen-bond acceptors (Lipinski definition) is 4. The van der Waals surface area contributed by atoms with E-state index in [0.29, 0.717) is 11.6 Å². The number of hydrogen-bond donors (Lipinski definition) is 1. The van der Waals surface area contributed by atoms with E-state index in [1.807, 2.05) is 43.3 Å². The lowest BCUT2D eigenvalue weighted by molar-refractivity contribution is 0.239. The van der Waals surface area contributed by atoms with Crippen molar-refractivity contribution in [1.29, 1.82) is 0 Å². The van der Waals surface area contributed by atoms with Gasteiger partial charge in [-0.05, 0) is 43.5 Å². The first-order chi connectivity index (χ1) is 14.1. The molecule has 1 saturated heterocycles. The summed E-state index contributed by atoms with van der Waals surface area (Å²) in [6, 6.07) is 17.9. The number of nitrogens with one attached hydrogen (secondary N) is 1. The van der Waals surface area contributed by atoms with Gasteiger partial charge in [-0.25, -0.2) is 4.79 Å². The molecule has 4 nitrogen and oxygen atoms in total. The monoisotopic (exact) mass is 408 g/mol. The Labute approximate surface area is 175 Å². The third-order valence-corrected chi connectivity index (χ3v) is 5.57. The SMILES string of the molecule is Cc1ccc2oc(=O)cc(NC3CCN(C/C(Cl)=C/c4ccccc4)CC3)c2c1. The predicted molar refractivity (Wildman–Crippen MR) is 121 cm³/mol. The zero-order valence-corrected chi connectivity index (χ0v) is 17.3. The van der Waals surface area contributed by atoms with Crippen LogP contribution in [0.4, 0.5) is 5.69 Å². The van der Waals surface area contributed by atoms with Crippen molar-refractivity contribution in [2.45, 2.75) is 25.8 Å². The molecule has 0 spiro atoms. The minimum atomic E-state index is -0.320. The van der Waals surface area contributed by atoms with Crippen LogP contribution in [0, 0.1) is 6.92 Å². The van der Waals surface area contributed by atoms with Crippen molar-refractivity contribution in [3.8, 4) is 0 Å². The van der Waals surface area contributed by atoms with Crippen LogP contribution in [-0.2, 0) is 0 Å². The summed E-state index contributed by atoms with van der Waals surface area (Å²) < 4.78 is 5.33. The van der Waals surface area contributed by atoms with E-state index in [1.54, 1.807) is 6.07 Å². The van der Waals surface area contributed by atoms with Gasteiger partial charge in [0, 0.05) is 42.2 Å². The molecule has 1 aliphatic rings. The van der Waals surface area contributed by atoms with Gasteiger partial charge in [0.1, 0.15) is 5.58 Å². The maximum Gasteiger partial charge on any atom is 0.338 e. The van der Waals surface area contributed by atoms with Crippen molar-refractivity contribution in [2.24, 2.45) is 0 Å². The summed E-state index contributed by atoms with van der Waals surface area (Å²) >= 11 is 6.47. The topological polar surface area (TPSA) is 45.5 Å². The van der Waals surface area contributed by atoms with Crippen molar-refractivity contribution in [2.75, 3.05) is 25.0 Å². The molecule has 0 radical (unpaired) electrons. The summed E-state index contributed by atoms with van der Waals surface area (Å²) in [5.74, 6) is 0. The van der Waals surface area contributed by atoms with Gasteiger partial charge in [0.15, 0.2) is 0 Å². The second-order valence-corrected chi connectivity index (χ2v) is 8.16. The molecule has 0 aliphatic carbocycles. The molecule has 1 aromatic heterocycles. The van der Waals surface area contributed by atoms with Crippen LogP contribution in [-0.4, -0.2) is 30.6 Å². The highest BCUT2D eigenvalue weighted by atomic mass is 35.5. The van der Waals surface area contributed by atoms with Gasteiger partial charge in [-0.2, -0.15) is 0 Å². The molecule has 150 valence electrons. The molecule has 1 aliphatic heterocycles. The molecule has 5 heteroatoms. The number of rotatable bonds is 5. The molecule has 0 amide bonds. The number of piperidine rings is 1. The Morgan fingerprint density at radius 3 is 2.69 bits per heavy atom. The number of nitrogens with zero attached hydrogens (tertiary/aromatic N) is 1. The third kappa shape index (κ3) is 5.08. The summed E-state index contributed by atoms with van der Waals surface area (Å²) in [5.41, 5.74) is 3.43. The number of anilines is 1. The molecule has 1 fully saturated rings. The highest BCUT2D eigenvalue weighted by Gasteiger charge is 2.20. The quantitative estimate of drug-likeness (QED) is 0.585. The van der Waals surface area contributed by atoms with Gasteiger partial charge in [-0.15, -0.1) is 0 Å². The Balaban J connectivity index is 1.38. The van der Waals surface area contributed by atoms with Crippen molar-refractivity contribution < 1.29 is 4.42 Å². The Kier molecular flexibility index (Phi) is 6.02. The fourth-order valence-electron chi connectivity index (χ4n) is 3.84. The third-order valence-electron chi connectivity index (χ3n) is 5.34. The second-order valence-electron chi connectivity index (χ2n) is 7.68. The Bertz CT molecular complexity index is 1070. The van der Waals surface area contributed by atoms with Crippen LogP contribution in [0.1, 0.15) is 24.0 Å². The molecule has 0 atom stereocenters. The molecule has 29 heavy (non-hydrogen) atoms. The van der Waals surface area contributed by atoms with Crippen LogP contribution in [0.15, 0.2) is 68.8 Å². The molecular formula is C24H25ClN2O2. The van der Waals surface area contributed by atoms with Crippen LogP contribution in [0.5, 0.6) is 0 Å². The molecule has 0 bridgehead atoms. The van der Waals surface area contributed by atoms with Crippen LogP contribution in [0.2, 0.25) is 0 Å². The number of aryl methyl sites for hydroxylation is 1. The van der Waals surface area contributed by atoms with Gasteiger partial charge in [0.05, 0.1) is 5.69 Å². The molecule has 2 aromatic carbocycles. The van der Waals surface area contributed by atoms with E-state index in [-0.39, 0.29) is 5.63 Å². The molecule has 3 aromatic rings. The minimum absolute atomic E-state index is 0.320. The van der Waals surface area contributed by atoms with Gasteiger partial charge in [-0.3, -0.25) is 4.90 Å². The molecular weight excluding hydrogens is 384 g/mol. The Hall–Kier alpha value is -2.56. The highest BCUT2D eigenvalue weighted by molar-refractivity contribution is 6.31. The average Bonchev–Trinajstić information content (AvgIpc) is 2.70. The number of benzene rings is 2. The second kappa shape index (κ2) is 8.85. The molecule has 2 heterocycles. The maximum atomic E-state index is 11.9. The lowest BCUT2D eigenvalue weighted by Crippen LogP contribution is -2.39. The van der Waals surface area contributed by atoms with Crippen molar-refractivity contribution in [3.63, 3.8) is 0 Å². The van der Waals surface area contributed by atoms with E-state index in [1.165, 1.54) is 0 Å². The molecule has 1 N–H and O–H groups in total. The fourth-order valence-corrected chi connectivity index (χ4v) is 4.14. The minimum Gasteiger partial charge on any atom is -0.423 e. The Morgan fingerprint density at radius 1 is 1.17 bits per heavy atom. The summed E-state index contributed by atoms with van der Waals surface area (Å²) in [7, 11) is 0. The molecule has 4 rings (SSSR count). The van der Waals surface area contributed by atoms with E-state index in [0.717, 1.165) is 59.7 Å². The molecule has 0 saturated carbocycles. The van der Waals surface area contributed by atoms with Gasteiger partial charge in [-0.1, -0.05) is 53.6 Å². The first-order valence-corrected chi connectivity index (χ1v) is 10.4. The van der Waals surface area contributed by atoms with Crippen LogP contribution >= 0.6 is 11.6 Å². The molecule has 0 unspecified atom stereocenters. The zero-order valence-electron chi connectivity index (χ0n) is 16.5. The van der Waals surface area contributed by atoms with Crippen molar-refractivity contribution in [3.05, 3.63) is 81.2 Å². The van der Waals surface area contributed by atoms with Crippen molar-refractivity contribution in [1.82, 2.24) is 4.90 Å². The highest BCUT2D eigenvalue weighted by Crippen LogP contribution is 2.25. The van der Waals surface area contributed by atoms with Gasteiger partial charge in [0.2, 0.25) is 0 Å². The average molecular weight is 409 g/mol. The smallest absolute Gasteiger partial charge is 0.338 e. The Morgan fingerprint density at radius 2 is 1.93 bits per heavy atom. The largest absolute Gasteiger partial charge is 0.423 e. The van der Waals surface area contributed by atoms with Crippen LogP contribution < -0.4 is 10.9 Å². The lowest BCUT2D eigenvalue weighted by Gasteiger charge is -2.32. The summed E-state index contributed by atoms with van der Waals surface area (Å²) in [4.78, 5) is 14.3. The van der Waals surface area contributed by atoms with E-state index < -0.39 is 0 Å². The normalized spacial score (nSPS) is 16.3. The fraction of sp³-hybridized carbons (Fsp3) is 0.292. The predicted octanol–water partition coefficient (Wildman–Crippen LogP) is 5.26. The summed E-state index contributed by atoms with van der Waals surface area (Å²) in [5, 5.41) is 5.38. The van der Waals surface area contributed by atoms with Crippen LogP contribution in [0.25, 0.3) is 17.0 Å². The van der Waals surface area contributed by atoms with E-state index in [9.17, 15) is 4.79 Å². The number of halogens is 1. The van der Waals surface area contributed by atoms with E-state index >= 15 is 0 Å². The van der Waals surface area contributed by atoms with Crippen molar-refractivity contribution >= 4 is 34.3 Å². The summed E-state index contributed by atoms with van der Waals surface area (Å²) in [6.45, 7) is 4.74. The first-order valence-electron chi connectivity index (χ1n) is 10.0. The van der Waals surface area contributed by atoms with Crippen LogP contribution in [0.3, 0.4) is 0 Å². The van der Waals surface area contributed by atoms with Gasteiger partial charge in [0.25, 0.3) is 0 Å². The first kappa shape index (κ1) is 19.7. The zero-order chi connectivity index (χ0) is 20.2.